The average Bonchev–Trinajstić information content (AvgIpc) is 3.16. The SMILES string of the molecule is CC1(C)Nc2ccccc2C1NCc1cccc2c1C(=O)N(C1CCC(=O)NC1=O)C2=O. The first-order valence-electron chi connectivity index (χ1n) is 10.7. The Balaban J connectivity index is 1.42. The van der Waals surface area contributed by atoms with Crippen LogP contribution in [-0.2, 0) is 16.1 Å². The van der Waals surface area contributed by atoms with Crippen LogP contribution in [0.4, 0.5) is 5.69 Å². The number of nitrogens with zero attached hydrogens (tertiary/aromatic N) is 1. The summed E-state index contributed by atoms with van der Waals surface area (Å²) in [5, 5.41) is 9.30. The summed E-state index contributed by atoms with van der Waals surface area (Å²) in [5.41, 5.74) is 3.31. The Hall–Kier alpha value is -3.52. The second kappa shape index (κ2) is 7.27. The molecule has 0 bridgehead atoms. The summed E-state index contributed by atoms with van der Waals surface area (Å²) in [5.74, 6) is -1.97. The minimum atomic E-state index is -0.967. The molecular weight excluding hydrogens is 408 g/mol. The number of nitrogens with one attached hydrogen (secondary N) is 3. The zero-order valence-corrected chi connectivity index (χ0v) is 17.9. The molecule has 4 amide bonds. The van der Waals surface area contributed by atoms with Gasteiger partial charge in [-0.25, -0.2) is 0 Å². The van der Waals surface area contributed by atoms with Crippen LogP contribution in [0.15, 0.2) is 42.5 Å². The molecule has 3 heterocycles. The summed E-state index contributed by atoms with van der Waals surface area (Å²) in [6.45, 7) is 4.61. The monoisotopic (exact) mass is 432 g/mol. The second-order valence-electron chi connectivity index (χ2n) is 9.03. The number of rotatable bonds is 4. The molecule has 0 saturated carbocycles. The Morgan fingerprint density at radius 1 is 1.03 bits per heavy atom. The lowest BCUT2D eigenvalue weighted by Gasteiger charge is -2.29. The van der Waals surface area contributed by atoms with Crippen molar-refractivity contribution in [1.29, 1.82) is 0 Å². The highest BCUT2D eigenvalue weighted by Gasteiger charge is 2.45. The van der Waals surface area contributed by atoms with Crippen LogP contribution in [0.3, 0.4) is 0 Å². The van der Waals surface area contributed by atoms with E-state index in [1.165, 1.54) is 0 Å². The van der Waals surface area contributed by atoms with Gasteiger partial charge in [-0.3, -0.25) is 29.4 Å². The maximum Gasteiger partial charge on any atom is 0.262 e. The molecule has 0 radical (unpaired) electrons. The fourth-order valence-electron chi connectivity index (χ4n) is 4.98. The molecule has 2 unspecified atom stereocenters. The topological polar surface area (TPSA) is 108 Å². The summed E-state index contributed by atoms with van der Waals surface area (Å²) in [6, 6.07) is 12.3. The molecule has 2 atom stereocenters. The number of anilines is 1. The normalized spacial score (nSPS) is 23.6. The molecule has 8 nitrogen and oxygen atoms in total. The van der Waals surface area contributed by atoms with E-state index in [0.29, 0.717) is 23.2 Å². The van der Waals surface area contributed by atoms with E-state index in [-0.39, 0.29) is 30.3 Å². The Bertz CT molecular complexity index is 1170. The Labute approximate surface area is 185 Å². The van der Waals surface area contributed by atoms with Gasteiger partial charge >= 0.3 is 0 Å². The second-order valence-corrected chi connectivity index (χ2v) is 9.03. The van der Waals surface area contributed by atoms with Crippen LogP contribution in [-0.4, -0.2) is 40.1 Å². The van der Waals surface area contributed by atoms with Gasteiger partial charge in [-0.2, -0.15) is 0 Å². The number of amides is 4. The van der Waals surface area contributed by atoms with E-state index < -0.39 is 23.8 Å². The molecule has 3 N–H and O–H groups in total. The van der Waals surface area contributed by atoms with Crippen LogP contribution in [0.2, 0.25) is 0 Å². The van der Waals surface area contributed by atoms with Crippen LogP contribution in [0.5, 0.6) is 0 Å². The number of piperidine rings is 1. The fraction of sp³-hybridized carbons (Fsp3) is 0.333. The smallest absolute Gasteiger partial charge is 0.262 e. The van der Waals surface area contributed by atoms with Crippen molar-refractivity contribution >= 4 is 29.3 Å². The molecule has 2 aromatic carbocycles. The van der Waals surface area contributed by atoms with Gasteiger partial charge in [-0.05, 0) is 43.5 Å². The Morgan fingerprint density at radius 2 is 1.81 bits per heavy atom. The minimum absolute atomic E-state index is 0.00741. The first kappa shape index (κ1) is 20.4. The quantitative estimate of drug-likeness (QED) is 0.639. The first-order chi connectivity index (χ1) is 15.3. The number of carbonyl (C=O) groups excluding carboxylic acids is 4. The molecule has 32 heavy (non-hydrogen) atoms. The molecule has 3 aliphatic heterocycles. The Morgan fingerprint density at radius 3 is 2.59 bits per heavy atom. The Kier molecular flexibility index (Phi) is 4.63. The fourth-order valence-corrected chi connectivity index (χ4v) is 4.98. The summed E-state index contributed by atoms with van der Waals surface area (Å²) >= 11 is 0. The highest BCUT2D eigenvalue weighted by atomic mass is 16.2. The lowest BCUT2D eigenvalue weighted by atomic mass is 9.92. The number of para-hydroxylation sites is 1. The summed E-state index contributed by atoms with van der Waals surface area (Å²) in [7, 11) is 0. The molecule has 0 aliphatic carbocycles. The number of carbonyl (C=O) groups is 4. The van der Waals surface area contributed by atoms with Crippen molar-refractivity contribution in [3.63, 3.8) is 0 Å². The summed E-state index contributed by atoms with van der Waals surface area (Å²) in [4.78, 5) is 51.1. The molecule has 1 saturated heterocycles. The van der Waals surface area contributed by atoms with Gasteiger partial charge in [0.25, 0.3) is 11.8 Å². The van der Waals surface area contributed by atoms with E-state index in [2.05, 4.69) is 35.9 Å². The molecule has 2 aromatic rings. The predicted molar refractivity (Wildman–Crippen MR) is 117 cm³/mol. The molecule has 1 fully saturated rings. The van der Waals surface area contributed by atoms with Crippen LogP contribution in [0.25, 0.3) is 0 Å². The van der Waals surface area contributed by atoms with Gasteiger partial charge in [0.1, 0.15) is 6.04 Å². The molecule has 164 valence electrons. The maximum atomic E-state index is 13.3. The lowest BCUT2D eigenvalue weighted by Crippen LogP contribution is -2.54. The average molecular weight is 432 g/mol. The van der Waals surface area contributed by atoms with Crippen molar-refractivity contribution in [3.8, 4) is 0 Å². The molecule has 8 heteroatoms. The zero-order valence-electron chi connectivity index (χ0n) is 17.9. The number of hydrogen-bond donors (Lipinski definition) is 3. The third-order valence-electron chi connectivity index (χ3n) is 6.50. The van der Waals surface area contributed by atoms with Crippen LogP contribution >= 0.6 is 0 Å². The molecule has 3 aliphatic rings. The zero-order chi connectivity index (χ0) is 22.6. The van der Waals surface area contributed by atoms with Gasteiger partial charge in [0.2, 0.25) is 11.8 Å². The number of fused-ring (bicyclic) bond motifs is 2. The highest BCUT2D eigenvalue weighted by molar-refractivity contribution is 6.24. The molecule has 0 spiro atoms. The van der Waals surface area contributed by atoms with E-state index in [4.69, 9.17) is 0 Å². The van der Waals surface area contributed by atoms with E-state index >= 15 is 0 Å². The first-order valence-corrected chi connectivity index (χ1v) is 10.7. The van der Waals surface area contributed by atoms with Gasteiger partial charge < -0.3 is 10.6 Å². The van der Waals surface area contributed by atoms with Crippen molar-refractivity contribution in [2.75, 3.05) is 5.32 Å². The van der Waals surface area contributed by atoms with E-state index in [9.17, 15) is 19.2 Å². The standard InChI is InChI=1S/C24H24N4O4/c1-24(2)20(14-7-3-4-9-16(14)27-24)25-12-13-6-5-8-15-19(13)23(32)28(22(15)31)17-10-11-18(29)26-21(17)30/h3-9,17,20,25,27H,10-12H2,1-2H3,(H,26,29,30). The van der Waals surface area contributed by atoms with Crippen LogP contribution in [0.1, 0.15) is 64.6 Å². The predicted octanol–water partition coefficient (Wildman–Crippen LogP) is 2.12. The van der Waals surface area contributed by atoms with E-state index in [1.807, 2.05) is 24.3 Å². The van der Waals surface area contributed by atoms with Gasteiger partial charge in [0.15, 0.2) is 0 Å². The van der Waals surface area contributed by atoms with Crippen molar-refractivity contribution in [3.05, 3.63) is 64.7 Å². The summed E-state index contributed by atoms with van der Waals surface area (Å²) in [6.07, 6.45) is 0.240. The van der Waals surface area contributed by atoms with Crippen LogP contribution in [0, 0.1) is 0 Å². The minimum Gasteiger partial charge on any atom is -0.378 e. The van der Waals surface area contributed by atoms with Crippen molar-refractivity contribution in [2.45, 2.75) is 50.9 Å². The molecule has 0 aromatic heterocycles. The van der Waals surface area contributed by atoms with E-state index in [1.54, 1.807) is 12.1 Å². The molecule has 5 rings (SSSR count). The maximum absolute atomic E-state index is 13.3. The van der Waals surface area contributed by atoms with Gasteiger partial charge in [0, 0.05) is 18.7 Å². The summed E-state index contributed by atoms with van der Waals surface area (Å²) < 4.78 is 0. The van der Waals surface area contributed by atoms with Crippen LogP contribution < -0.4 is 16.0 Å². The van der Waals surface area contributed by atoms with Gasteiger partial charge in [0.05, 0.1) is 22.7 Å². The number of hydrogen-bond acceptors (Lipinski definition) is 6. The largest absolute Gasteiger partial charge is 0.378 e. The third kappa shape index (κ3) is 3.10. The third-order valence-corrected chi connectivity index (χ3v) is 6.50. The van der Waals surface area contributed by atoms with Gasteiger partial charge in [-0.15, -0.1) is 0 Å². The number of benzene rings is 2. The lowest BCUT2D eigenvalue weighted by molar-refractivity contribution is -0.136. The molecular formula is C24H24N4O4. The van der Waals surface area contributed by atoms with Crippen molar-refractivity contribution in [2.24, 2.45) is 0 Å². The highest BCUT2D eigenvalue weighted by Crippen LogP contribution is 2.41. The van der Waals surface area contributed by atoms with Crippen molar-refractivity contribution < 1.29 is 19.2 Å². The van der Waals surface area contributed by atoms with Crippen molar-refractivity contribution in [1.82, 2.24) is 15.5 Å². The van der Waals surface area contributed by atoms with Gasteiger partial charge in [-0.1, -0.05) is 30.3 Å². The van der Waals surface area contributed by atoms with E-state index in [0.717, 1.165) is 16.2 Å². The number of imide groups is 2.